The molecule has 0 atom stereocenters. The molecule has 3 heterocycles. The van der Waals surface area contributed by atoms with Crippen molar-refractivity contribution in [3.8, 4) is 0 Å². The molecule has 0 amide bonds. The average Bonchev–Trinajstić information content (AvgIpc) is 3.14. The van der Waals surface area contributed by atoms with Crippen molar-refractivity contribution in [2.24, 2.45) is 16.2 Å². The molecule has 0 unspecified atom stereocenters. The summed E-state index contributed by atoms with van der Waals surface area (Å²) in [7, 11) is 0. The van der Waals surface area contributed by atoms with Gasteiger partial charge in [-0.2, -0.15) is 0 Å². The number of likely N-dealkylation sites (tertiary alicyclic amines) is 3. The quantitative estimate of drug-likeness (QED) is 0.459. The SMILES string of the molecule is CC(C)N1CC2(CCC2)C1.CC(C)N1CC2(CCCC2)C1.CC(C)N1CC2(CCCCC2)C1. The fraction of sp³-hybridized carbons (Fsp3) is 1.00. The van der Waals surface area contributed by atoms with Crippen LogP contribution in [0.5, 0.6) is 0 Å². The lowest BCUT2D eigenvalue weighted by molar-refractivity contribution is -0.0758. The van der Waals surface area contributed by atoms with Crippen LogP contribution in [0.3, 0.4) is 0 Å². The smallest absolute Gasteiger partial charge is 0.00532 e. The van der Waals surface area contributed by atoms with E-state index in [4.69, 9.17) is 0 Å². The van der Waals surface area contributed by atoms with Gasteiger partial charge in [0.25, 0.3) is 0 Å². The predicted molar refractivity (Wildman–Crippen MR) is 143 cm³/mol. The summed E-state index contributed by atoms with van der Waals surface area (Å²) in [6.07, 6.45) is 18.0. The highest BCUT2D eigenvalue weighted by molar-refractivity contribution is 5.01. The maximum atomic E-state index is 2.62. The topological polar surface area (TPSA) is 9.72 Å². The van der Waals surface area contributed by atoms with E-state index in [1.165, 1.54) is 116 Å². The van der Waals surface area contributed by atoms with Crippen molar-refractivity contribution in [2.75, 3.05) is 39.3 Å². The number of hydrogen-bond donors (Lipinski definition) is 0. The van der Waals surface area contributed by atoms with Crippen molar-refractivity contribution >= 4 is 0 Å². The largest absolute Gasteiger partial charge is 0.300 e. The first-order chi connectivity index (χ1) is 15.7. The minimum absolute atomic E-state index is 0.776. The average molecular weight is 460 g/mol. The lowest BCUT2D eigenvalue weighted by Gasteiger charge is -2.57. The van der Waals surface area contributed by atoms with Crippen LogP contribution in [-0.4, -0.2) is 72.1 Å². The third kappa shape index (κ3) is 6.00. The highest BCUT2D eigenvalue weighted by Gasteiger charge is 2.48. The summed E-state index contributed by atoms with van der Waals surface area (Å²) in [4.78, 5) is 7.80. The molecular formula is C30H57N3. The summed E-state index contributed by atoms with van der Waals surface area (Å²) >= 11 is 0. The number of nitrogens with zero attached hydrogens (tertiary/aromatic N) is 3. The zero-order valence-electron chi connectivity index (χ0n) is 23.3. The van der Waals surface area contributed by atoms with Gasteiger partial charge in [-0.05, 0) is 96.3 Å². The van der Waals surface area contributed by atoms with Gasteiger partial charge in [-0.15, -0.1) is 0 Å². The van der Waals surface area contributed by atoms with Gasteiger partial charge in [0.2, 0.25) is 0 Å². The standard InChI is InChI=1S/C11H21N.C10H19N.C9H17N/c1-10(2)12-8-11(9-12)6-4-3-5-7-11;1-9(2)11-7-10(8-11)5-3-4-6-10;1-8(2)10-6-9(7-10)4-3-5-9/h10H,3-9H2,1-2H3;9H,3-8H2,1-2H3;8H,3-7H2,1-2H3. The number of rotatable bonds is 3. The molecule has 0 aromatic heterocycles. The summed E-state index contributed by atoms with van der Waals surface area (Å²) in [6, 6.07) is 2.34. The van der Waals surface area contributed by atoms with Crippen molar-refractivity contribution in [1.82, 2.24) is 14.7 Å². The van der Waals surface area contributed by atoms with Gasteiger partial charge >= 0.3 is 0 Å². The van der Waals surface area contributed by atoms with Crippen LogP contribution in [0.2, 0.25) is 0 Å². The molecule has 0 aromatic carbocycles. The minimum Gasteiger partial charge on any atom is -0.300 e. The molecule has 192 valence electrons. The Morgan fingerprint density at radius 1 is 0.364 bits per heavy atom. The Morgan fingerprint density at radius 2 is 0.606 bits per heavy atom. The van der Waals surface area contributed by atoms with Gasteiger partial charge in [0.1, 0.15) is 0 Å². The van der Waals surface area contributed by atoms with Gasteiger partial charge in [-0.25, -0.2) is 0 Å². The van der Waals surface area contributed by atoms with Crippen LogP contribution in [0.4, 0.5) is 0 Å². The van der Waals surface area contributed by atoms with E-state index >= 15 is 0 Å². The van der Waals surface area contributed by atoms with Gasteiger partial charge < -0.3 is 0 Å². The van der Waals surface area contributed by atoms with Crippen LogP contribution in [0.15, 0.2) is 0 Å². The van der Waals surface area contributed by atoms with E-state index in [1.807, 2.05) is 0 Å². The van der Waals surface area contributed by atoms with E-state index in [1.54, 1.807) is 0 Å². The van der Waals surface area contributed by atoms with Crippen LogP contribution in [-0.2, 0) is 0 Å². The first-order valence-corrected chi connectivity index (χ1v) is 14.9. The summed E-state index contributed by atoms with van der Waals surface area (Å²) in [5.41, 5.74) is 2.40. The number of hydrogen-bond acceptors (Lipinski definition) is 3. The molecular weight excluding hydrogens is 402 g/mol. The molecule has 6 rings (SSSR count). The van der Waals surface area contributed by atoms with Crippen LogP contribution in [0, 0.1) is 16.2 Å². The van der Waals surface area contributed by atoms with Crippen molar-refractivity contribution in [2.45, 2.75) is 137 Å². The van der Waals surface area contributed by atoms with E-state index in [0.29, 0.717) is 0 Å². The summed E-state index contributed by atoms with van der Waals surface area (Å²) in [6.45, 7) is 22.2. The fourth-order valence-electron chi connectivity index (χ4n) is 7.59. The van der Waals surface area contributed by atoms with E-state index in [9.17, 15) is 0 Å². The molecule has 3 heteroatoms. The molecule has 3 aliphatic carbocycles. The molecule has 0 bridgehead atoms. The highest BCUT2D eigenvalue weighted by atomic mass is 15.2. The highest BCUT2D eigenvalue weighted by Crippen LogP contribution is 2.49. The minimum atomic E-state index is 0.776. The molecule has 3 nitrogen and oxygen atoms in total. The van der Waals surface area contributed by atoms with Crippen LogP contribution < -0.4 is 0 Å². The molecule has 3 aliphatic heterocycles. The molecule has 6 aliphatic rings. The van der Waals surface area contributed by atoms with Crippen molar-refractivity contribution < 1.29 is 0 Å². The van der Waals surface area contributed by atoms with E-state index < -0.39 is 0 Å². The monoisotopic (exact) mass is 459 g/mol. The lowest BCUT2D eigenvalue weighted by Crippen LogP contribution is -2.61. The summed E-state index contributed by atoms with van der Waals surface area (Å²) < 4.78 is 0. The molecule has 3 saturated heterocycles. The third-order valence-electron chi connectivity index (χ3n) is 10.4. The van der Waals surface area contributed by atoms with E-state index in [-0.39, 0.29) is 0 Å². The van der Waals surface area contributed by atoms with Crippen molar-refractivity contribution in [3.63, 3.8) is 0 Å². The first kappa shape index (κ1) is 26.0. The second-order valence-electron chi connectivity index (χ2n) is 14.1. The van der Waals surface area contributed by atoms with Crippen molar-refractivity contribution in [3.05, 3.63) is 0 Å². The Hall–Kier alpha value is -0.120. The van der Waals surface area contributed by atoms with Crippen LogP contribution >= 0.6 is 0 Å². The summed E-state index contributed by atoms with van der Waals surface area (Å²) in [5.74, 6) is 0. The Bertz CT molecular complexity index is 584. The maximum Gasteiger partial charge on any atom is 0.00532 e. The summed E-state index contributed by atoms with van der Waals surface area (Å²) in [5, 5.41) is 0. The Labute approximate surface area is 207 Å². The fourth-order valence-corrected chi connectivity index (χ4v) is 7.59. The second kappa shape index (κ2) is 10.5. The lowest BCUT2D eigenvalue weighted by atomic mass is 9.63. The van der Waals surface area contributed by atoms with Crippen LogP contribution in [0.25, 0.3) is 0 Å². The Kier molecular flexibility index (Phi) is 8.24. The van der Waals surface area contributed by atoms with E-state index in [2.05, 4.69) is 56.2 Å². The third-order valence-corrected chi connectivity index (χ3v) is 10.4. The molecule has 0 aromatic rings. The van der Waals surface area contributed by atoms with Crippen LogP contribution in [0.1, 0.15) is 119 Å². The van der Waals surface area contributed by atoms with E-state index in [0.717, 1.165) is 34.4 Å². The van der Waals surface area contributed by atoms with Gasteiger partial charge in [0.15, 0.2) is 0 Å². The first-order valence-electron chi connectivity index (χ1n) is 14.9. The van der Waals surface area contributed by atoms with Crippen molar-refractivity contribution in [1.29, 1.82) is 0 Å². The molecule has 6 fully saturated rings. The molecule has 0 radical (unpaired) electrons. The Balaban J connectivity index is 0.000000118. The molecule has 3 saturated carbocycles. The van der Waals surface area contributed by atoms with Gasteiger partial charge in [0.05, 0.1) is 0 Å². The van der Waals surface area contributed by atoms with Gasteiger partial charge in [-0.1, -0.05) is 38.5 Å². The van der Waals surface area contributed by atoms with Gasteiger partial charge in [-0.3, -0.25) is 14.7 Å². The Morgan fingerprint density at radius 3 is 0.818 bits per heavy atom. The molecule has 0 N–H and O–H groups in total. The predicted octanol–water partition coefficient (Wildman–Crippen LogP) is 6.81. The molecule has 3 spiro atoms. The normalized spacial score (nSPS) is 29.7. The van der Waals surface area contributed by atoms with Gasteiger partial charge in [0, 0.05) is 57.4 Å². The zero-order chi connectivity index (χ0) is 23.7. The molecule has 33 heavy (non-hydrogen) atoms. The zero-order valence-corrected chi connectivity index (χ0v) is 23.3. The second-order valence-corrected chi connectivity index (χ2v) is 14.1. The maximum absolute atomic E-state index is 2.62.